The Morgan fingerprint density at radius 2 is 2.04 bits per heavy atom. The summed E-state index contributed by atoms with van der Waals surface area (Å²) in [5.74, 6) is -1.19. The number of hydrogen-bond acceptors (Lipinski definition) is 3. The molecule has 0 bridgehead atoms. The molecule has 126 valence electrons. The van der Waals surface area contributed by atoms with Crippen molar-refractivity contribution >= 4 is 44.5 Å². The number of imidazole rings is 1. The van der Waals surface area contributed by atoms with Crippen LogP contribution in [0.4, 0.5) is 5.69 Å². The lowest BCUT2D eigenvalue weighted by molar-refractivity contribution is -0.129. The number of carbonyl (C=O) groups is 2. The van der Waals surface area contributed by atoms with Crippen molar-refractivity contribution in [2.24, 2.45) is 5.92 Å². The van der Waals surface area contributed by atoms with Crippen molar-refractivity contribution in [3.63, 3.8) is 0 Å². The molecule has 0 saturated carbocycles. The first-order valence-corrected chi connectivity index (χ1v) is 8.73. The third-order valence-electron chi connectivity index (χ3n) is 4.33. The second-order valence-corrected chi connectivity index (χ2v) is 6.81. The molecule has 6 nitrogen and oxygen atoms in total. The molecule has 0 aliphatic carbocycles. The van der Waals surface area contributed by atoms with Crippen molar-refractivity contribution in [3.05, 3.63) is 59.3 Å². The summed E-state index contributed by atoms with van der Waals surface area (Å²) in [5.41, 5.74) is 5.16. The standard InChI is InChI=1S/C18H15BrN4O2/c19-12-4-3-5-13(10-12)22-9-8-14(18(22)25)17(24)21-23-11-20-15-6-1-2-7-16(15)23/h1-7,10-11,14H,8-9H2,(H,21,24). The molecule has 7 heteroatoms. The Kier molecular flexibility index (Phi) is 4.01. The first-order valence-electron chi connectivity index (χ1n) is 7.93. The van der Waals surface area contributed by atoms with E-state index in [1.54, 1.807) is 15.9 Å². The number of hydrogen-bond donors (Lipinski definition) is 1. The molecule has 2 heterocycles. The normalized spacial score (nSPS) is 17.2. The number of fused-ring (bicyclic) bond motifs is 1. The number of rotatable bonds is 3. The van der Waals surface area contributed by atoms with E-state index in [9.17, 15) is 9.59 Å². The molecule has 25 heavy (non-hydrogen) atoms. The molecule has 0 radical (unpaired) electrons. The molecule has 4 rings (SSSR count). The fourth-order valence-electron chi connectivity index (χ4n) is 3.07. The third kappa shape index (κ3) is 2.91. The Morgan fingerprint density at radius 3 is 2.88 bits per heavy atom. The fourth-order valence-corrected chi connectivity index (χ4v) is 3.46. The maximum absolute atomic E-state index is 12.7. The van der Waals surface area contributed by atoms with Gasteiger partial charge in [0, 0.05) is 16.7 Å². The van der Waals surface area contributed by atoms with E-state index in [0.29, 0.717) is 13.0 Å². The zero-order valence-corrected chi connectivity index (χ0v) is 14.8. The number of anilines is 1. The third-order valence-corrected chi connectivity index (χ3v) is 4.82. The minimum absolute atomic E-state index is 0.181. The summed E-state index contributed by atoms with van der Waals surface area (Å²) in [6, 6.07) is 15.0. The highest BCUT2D eigenvalue weighted by molar-refractivity contribution is 9.10. The van der Waals surface area contributed by atoms with Crippen LogP contribution in [-0.4, -0.2) is 28.0 Å². The Balaban J connectivity index is 1.52. The van der Waals surface area contributed by atoms with E-state index < -0.39 is 5.92 Å². The van der Waals surface area contributed by atoms with E-state index in [1.807, 2.05) is 48.5 Å². The number of benzene rings is 2. The molecule has 1 aliphatic heterocycles. The summed E-state index contributed by atoms with van der Waals surface area (Å²) < 4.78 is 2.46. The van der Waals surface area contributed by atoms with Gasteiger partial charge in [0.05, 0.1) is 11.0 Å². The monoisotopic (exact) mass is 398 g/mol. The van der Waals surface area contributed by atoms with Crippen LogP contribution in [0.3, 0.4) is 0 Å². The number of halogens is 1. The van der Waals surface area contributed by atoms with Gasteiger partial charge in [0.25, 0.3) is 5.91 Å². The second kappa shape index (κ2) is 6.33. The van der Waals surface area contributed by atoms with Crippen LogP contribution in [0.25, 0.3) is 11.0 Å². The van der Waals surface area contributed by atoms with Crippen molar-refractivity contribution in [1.29, 1.82) is 0 Å². The number of aromatic nitrogens is 2. The Morgan fingerprint density at radius 1 is 1.20 bits per heavy atom. The van der Waals surface area contributed by atoms with Gasteiger partial charge in [-0.05, 0) is 36.8 Å². The average molecular weight is 399 g/mol. The van der Waals surface area contributed by atoms with Gasteiger partial charge in [0.1, 0.15) is 12.2 Å². The van der Waals surface area contributed by atoms with Gasteiger partial charge in [-0.25, -0.2) is 9.66 Å². The molecular formula is C18H15BrN4O2. The number of carbonyl (C=O) groups excluding carboxylic acids is 2. The van der Waals surface area contributed by atoms with E-state index in [0.717, 1.165) is 21.2 Å². The summed E-state index contributed by atoms with van der Waals surface area (Å²) in [6.45, 7) is 0.526. The zero-order chi connectivity index (χ0) is 17.4. The second-order valence-electron chi connectivity index (χ2n) is 5.89. The van der Waals surface area contributed by atoms with Crippen LogP contribution in [0.5, 0.6) is 0 Å². The first-order chi connectivity index (χ1) is 12.1. The number of nitrogens with one attached hydrogen (secondary N) is 1. The summed E-state index contributed by atoms with van der Waals surface area (Å²) >= 11 is 3.41. The smallest absolute Gasteiger partial charge is 0.251 e. The highest BCUT2D eigenvalue weighted by atomic mass is 79.9. The zero-order valence-electron chi connectivity index (χ0n) is 13.2. The maximum Gasteiger partial charge on any atom is 0.251 e. The Hall–Kier alpha value is -2.67. The van der Waals surface area contributed by atoms with Gasteiger partial charge < -0.3 is 4.90 Å². The van der Waals surface area contributed by atoms with Gasteiger partial charge in [-0.3, -0.25) is 15.0 Å². The van der Waals surface area contributed by atoms with Crippen LogP contribution in [0.2, 0.25) is 0 Å². The lowest BCUT2D eigenvalue weighted by Gasteiger charge is -2.17. The summed E-state index contributed by atoms with van der Waals surface area (Å²) in [6.07, 6.45) is 2.04. The van der Waals surface area contributed by atoms with E-state index in [4.69, 9.17) is 0 Å². The topological polar surface area (TPSA) is 67.2 Å². The van der Waals surface area contributed by atoms with Crippen LogP contribution >= 0.6 is 15.9 Å². The van der Waals surface area contributed by atoms with Crippen LogP contribution in [0.1, 0.15) is 6.42 Å². The largest absolute Gasteiger partial charge is 0.312 e. The van der Waals surface area contributed by atoms with Crippen molar-refractivity contribution in [1.82, 2.24) is 9.66 Å². The molecule has 1 N–H and O–H groups in total. The summed E-state index contributed by atoms with van der Waals surface area (Å²) in [4.78, 5) is 31.2. The van der Waals surface area contributed by atoms with Gasteiger partial charge in [-0.1, -0.05) is 34.1 Å². The quantitative estimate of drug-likeness (QED) is 0.689. The SMILES string of the molecule is O=C(Nn1cnc2ccccc21)C1CCN(c2cccc(Br)c2)C1=O. The van der Waals surface area contributed by atoms with Crippen LogP contribution in [-0.2, 0) is 9.59 Å². The molecule has 1 fully saturated rings. The molecule has 1 atom stereocenters. The fraction of sp³-hybridized carbons (Fsp3) is 0.167. The number of para-hydroxylation sites is 2. The lowest BCUT2D eigenvalue weighted by atomic mass is 10.1. The molecule has 3 aromatic rings. The number of amides is 2. The highest BCUT2D eigenvalue weighted by Gasteiger charge is 2.37. The predicted octanol–water partition coefficient (Wildman–Crippen LogP) is 2.92. The Bertz CT molecular complexity index is 968. The average Bonchev–Trinajstić information content (AvgIpc) is 3.19. The molecular weight excluding hydrogens is 384 g/mol. The van der Waals surface area contributed by atoms with Crippen molar-refractivity contribution in [2.45, 2.75) is 6.42 Å². The van der Waals surface area contributed by atoms with E-state index in [1.165, 1.54) is 0 Å². The predicted molar refractivity (Wildman–Crippen MR) is 98.7 cm³/mol. The van der Waals surface area contributed by atoms with Gasteiger partial charge in [-0.2, -0.15) is 0 Å². The first kappa shape index (κ1) is 15.8. The molecule has 0 spiro atoms. The van der Waals surface area contributed by atoms with E-state index in [-0.39, 0.29) is 11.8 Å². The molecule has 2 aromatic carbocycles. The van der Waals surface area contributed by atoms with Gasteiger partial charge >= 0.3 is 0 Å². The van der Waals surface area contributed by atoms with Crippen molar-refractivity contribution in [3.8, 4) is 0 Å². The molecule has 1 saturated heterocycles. The van der Waals surface area contributed by atoms with Gasteiger partial charge in [0.2, 0.25) is 5.91 Å². The van der Waals surface area contributed by atoms with Crippen molar-refractivity contribution < 1.29 is 9.59 Å². The minimum atomic E-state index is -0.694. The van der Waals surface area contributed by atoms with Crippen molar-refractivity contribution in [2.75, 3.05) is 16.9 Å². The molecule has 1 unspecified atom stereocenters. The van der Waals surface area contributed by atoms with E-state index in [2.05, 4.69) is 26.3 Å². The highest BCUT2D eigenvalue weighted by Crippen LogP contribution is 2.27. The van der Waals surface area contributed by atoms with E-state index >= 15 is 0 Å². The summed E-state index contributed by atoms with van der Waals surface area (Å²) in [5, 5.41) is 0. The molecule has 2 amide bonds. The van der Waals surface area contributed by atoms with Gasteiger partial charge in [0.15, 0.2) is 0 Å². The Labute approximate surface area is 152 Å². The molecule has 1 aromatic heterocycles. The maximum atomic E-state index is 12.7. The minimum Gasteiger partial charge on any atom is -0.312 e. The van der Waals surface area contributed by atoms with Crippen LogP contribution < -0.4 is 10.3 Å². The van der Waals surface area contributed by atoms with Gasteiger partial charge in [-0.15, -0.1) is 0 Å². The van der Waals surface area contributed by atoms with Crippen LogP contribution in [0, 0.1) is 5.92 Å². The van der Waals surface area contributed by atoms with Crippen LogP contribution in [0.15, 0.2) is 59.3 Å². The number of nitrogens with zero attached hydrogens (tertiary/aromatic N) is 3. The molecule has 1 aliphatic rings. The summed E-state index contributed by atoms with van der Waals surface area (Å²) in [7, 11) is 0. The lowest BCUT2D eigenvalue weighted by Crippen LogP contribution is -2.35.